The second-order valence-electron chi connectivity index (χ2n) is 7.17. The molecule has 2 heterocycles. The molecule has 1 aliphatic heterocycles. The van der Waals surface area contributed by atoms with Crippen LogP contribution < -0.4 is 0 Å². The number of benzene rings is 1. The van der Waals surface area contributed by atoms with E-state index in [0.29, 0.717) is 36.2 Å². The van der Waals surface area contributed by atoms with Crippen LogP contribution in [0.5, 0.6) is 0 Å². The van der Waals surface area contributed by atoms with E-state index in [4.69, 9.17) is 9.15 Å². The van der Waals surface area contributed by atoms with Gasteiger partial charge in [-0.3, -0.25) is 4.79 Å². The first kappa shape index (κ1) is 17.2. The minimum Gasteiger partial charge on any atom is -0.448 e. The number of likely N-dealkylation sites (tertiary alicyclic amines) is 1. The number of hydrogen-bond acceptors (Lipinski definition) is 4. The summed E-state index contributed by atoms with van der Waals surface area (Å²) in [6.45, 7) is 1.50. The van der Waals surface area contributed by atoms with Gasteiger partial charge in [-0.1, -0.05) is 18.2 Å². The highest BCUT2D eigenvalue weighted by molar-refractivity contribution is 5.92. The van der Waals surface area contributed by atoms with E-state index < -0.39 is 0 Å². The summed E-state index contributed by atoms with van der Waals surface area (Å²) in [4.78, 5) is 18.7. The van der Waals surface area contributed by atoms with E-state index in [1.54, 1.807) is 23.1 Å². The highest BCUT2D eigenvalue weighted by Crippen LogP contribution is 2.32. The maximum absolute atomic E-state index is 13.6. The summed E-state index contributed by atoms with van der Waals surface area (Å²) in [7, 11) is 0. The summed E-state index contributed by atoms with van der Waals surface area (Å²) in [5.41, 5.74) is 0.961. The fourth-order valence-electron chi connectivity index (χ4n) is 3.28. The first-order valence-electron chi connectivity index (χ1n) is 9.27. The molecule has 138 valence electrons. The second kappa shape index (κ2) is 7.58. The van der Waals surface area contributed by atoms with E-state index in [1.807, 2.05) is 0 Å². The molecule has 0 atom stereocenters. The molecular weight excluding hydrogens is 335 g/mol. The molecule has 1 aromatic carbocycles. The van der Waals surface area contributed by atoms with Gasteiger partial charge in [-0.15, -0.1) is 0 Å². The van der Waals surface area contributed by atoms with Crippen molar-refractivity contribution in [1.82, 2.24) is 9.88 Å². The van der Waals surface area contributed by atoms with E-state index in [0.717, 1.165) is 19.3 Å². The Morgan fingerprint density at radius 2 is 2.00 bits per heavy atom. The molecule has 0 N–H and O–H groups in total. The maximum atomic E-state index is 13.6. The summed E-state index contributed by atoms with van der Waals surface area (Å²) < 4.78 is 24.9. The lowest BCUT2D eigenvalue weighted by Gasteiger charge is -2.31. The zero-order valence-corrected chi connectivity index (χ0v) is 14.7. The average molecular weight is 358 g/mol. The molecule has 2 aromatic rings. The molecule has 1 aliphatic carbocycles. The highest BCUT2D eigenvalue weighted by Gasteiger charge is 2.28. The lowest BCUT2D eigenvalue weighted by atomic mass is 10.1. The van der Waals surface area contributed by atoms with E-state index >= 15 is 0 Å². The van der Waals surface area contributed by atoms with Crippen molar-refractivity contribution in [1.29, 1.82) is 0 Å². The maximum Gasteiger partial charge on any atom is 0.275 e. The van der Waals surface area contributed by atoms with E-state index in [2.05, 4.69) is 4.98 Å². The van der Waals surface area contributed by atoms with Gasteiger partial charge in [0.2, 0.25) is 0 Å². The number of aromatic nitrogens is 1. The van der Waals surface area contributed by atoms with Crippen LogP contribution >= 0.6 is 0 Å². The molecule has 1 saturated heterocycles. The molecular formula is C20H23FN2O3. The molecule has 5 nitrogen and oxygen atoms in total. The number of nitrogens with zero attached hydrogens (tertiary/aromatic N) is 2. The fourth-order valence-corrected chi connectivity index (χ4v) is 3.28. The number of carbonyl (C=O) groups excluding carboxylic acids is 1. The molecule has 1 amide bonds. The van der Waals surface area contributed by atoms with Crippen LogP contribution in [0.25, 0.3) is 0 Å². The van der Waals surface area contributed by atoms with Gasteiger partial charge >= 0.3 is 0 Å². The normalized spacial score (nSPS) is 18.3. The zero-order chi connectivity index (χ0) is 17.9. The fraction of sp³-hybridized carbons (Fsp3) is 0.500. The minimum absolute atomic E-state index is 0.0430. The summed E-state index contributed by atoms with van der Waals surface area (Å²) >= 11 is 0. The number of ether oxygens (including phenoxy) is 1. The first-order chi connectivity index (χ1) is 12.7. The minimum atomic E-state index is -0.242. The number of rotatable bonds is 6. The van der Waals surface area contributed by atoms with Crippen LogP contribution in [0.2, 0.25) is 0 Å². The predicted octanol–water partition coefficient (Wildman–Crippen LogP) is 3.59. The van der Waals surface area contributed by atoms with Crippen molar-refractivity contribution < 1.29 is 18.3 Å². The standard InChI is InChI=1S/C20H23FN2O3/c21-17-4-2-1-3-15(17)12-25-16-7-9-23(10-8-16)20(24)18-13-26-19(22-18)11-14-5-6-14/h1-4,13-14,16H,5-12H2. The van der Waals surface area contributed by atoms with Crippen LogP contribution in [0.15, 0.2) is 34.9 Å². The SMILES string of the molecule is O=C(c1coc(CC2CC2)n1)N1CCC(OCc2ccccc2F)CC1. The lowest BCUT2D eigenvalue weighted by molar-refractivity contribution is -0.00144. The van der Waals surface area contributed by atoms with Crippen LogP contribution in [0, 0.1) is 11.7 Å². The van der Waals surface area contributed by atoms with Crippen molar-refractivity contribution in [3.05, 3.63) is 53.5 Å². The summed E-state index contributed by atoms with van der Waals surface area (Å²) in [5, 5.41) is 0. The van der Waals surface area contributed by atoms with Gasteiger partial charge in [0.1, 0.15) is 12.1 Å². The molecule has 0 unspecified atom stereocenters. The third-order valence-corrected chi connectivity index (χ3v) is 5.09. The van der Waals surface area contributed by atoms with Crippen molar-refractivity contribution in [2.75, 3.05) is 13.1 Å². The van der Waals surface area contributed by atoms with E-state index in [9.17, 15) is 9.18 Å². The molecule has 6 heteroatoms. The monoisotopic (exact) mass is 358 g/mol. The van der Waals surface area contributed by atoms with E-state index in [1.165, 1.54) is 25.2 Å². The topological polar surface area (TPSA) is 55.6 Å². The summed E-state index contributed by atoms with van der Waals surface area (Å²) in [6.07, 6.45) is 6.29. The van der Waals surface area contributed by atoms with Gasteiger partial charge in [-0.25, -0.2) is 9.37 Å². The van der Waals surface area contributed by atoms with Gasteiger partial charge in [0.15, 0.2) is 11.6 Å². The van der Waals surface area contributed by atoms with Crippen molar-refractivity contribution in [3.8, 4) is 0 Å². The van der Waals surface area contributed by atoms with Gasteiger partial charge in [0, 0.05) is 25.1 Å². The molecule has 0 bridgehead atoms. The number of amides is 1. The largest absolute Gasteiger partial charge is 0.448 e. The van der Waals surface area contributed by atoms with Crippen LogP contribution in [-0.2, 0) is 17.8 Å². The Labute approximate surface area is 152 Å². The molecule has 2 fully saturated rings. The van der Waals surface area contributed by atoms with E-state index in [-0.39, 0.29) is 24.4 Å². The number of halogens is 1. The Morgan fingerprint density at radius 3 is 2.73 bits per heavy atom. The number of piperidine rings is 1. The molecule has 26 heavy (non-hydrogen) atoms. The smallest absolute Gasteiger partial charge is 0.275 e. The Morgan fingerprint density at radius 1 is 1.23 bits per heavy atom. The van der Waals surface area contributed by atoms with Crippen LogP contribution in [-0.4, -0.2) is 35.0 Å². The highest BCUT2D eigenvalue weighted by atomic mass is 19.1. The van der Waals surface area contributed by atoms with Gasteiger partial charge in [-0.2, -0.15) is 0 Å². The van der Waals surface area contributed by atoms with Crippen molar-refractivity contribution >= 4 is 5.91 Å². The molecule has 0 radical (unpaired) electrons. The van der Waals surface area contributed by atoms with Crippen LogP contribution in [0.4, 0.5) is 4.39 Å². The van der Waals surface area contributed by atoms with Crippen molar-refractivity contribution in [2.24, 2.45) is 5.92 Å². The molecule has 1 saturated carbocycles. The first-order valence-corrected chi connectivity index (χ1v) is 9.27. The van der Waals surface area contributed by atoms with Gasteiger partial charge in [0.05, 0.1) is 12.7 Å². The van der Waals surface area contributed by atoms with Crippen LogP contribution in [0.3, 0.4) is 0 Å². The summed E-state index contributed by atoms with van der Waals surface area (Å²) in [5.74, 6) is 1.02. The quantitative estimate of drug-likeness (QED) is 0.792. The Kier molecular flexibility index (Phi) is 5.02. The number of hydrogen-bond donors (Lipinski definition) is 0. The number of carbonyl (C=O) groups is 1. The van der Waals surface area contributed by atoms with Crippen molar-refractivity contribution in [3.63, 3.8) is 0 Å². The third kappa shape index (κ3) is 4.12. The Bertz CT molecular complexity index is 764. The van der Waals surface area contributed by atoms with Crippen molar-refractivity contribution in [2.45, 2.75) is 44.8 Å². The Balaban J connectivity index is 1.25. The number of oxazole rings is 1. The average Bonchev–Trinajstić information content (AvgIpc) is 3.35. The third-order valence-electron chi connectivity index (χ3n) is 5.09. The lowest BCUT2D eigenvalue weighted by Crippen LogP contribution is -2.41. The van der Waals surface area contributed by atoms with Gasteiger partial charge in [-0.05, 0) is 37.7 Å². The molecule has 1 aromatic heterocycles. The molecule has 0 spiro atoms. The second-order valence-corrected chi connectivity index (χ2v) is 7.17. The van der Waals surface area contributed by atoms with Gasteiger partial charge in [0.25, 0.3) is 5.91 Å². The van der Waals surface area contributed by atoms with Gasteiger partial charge < -0.3 is 14.1 Å². The predicted molar refractivity (Wildman–Crippen MR) is 93.0 cm³/mol. The van der Waals surface area contributed by atoms with Crippen LogP contribution in [0.1, 0.15) is 47.6 Å². The molecule has 4 rings (SSSR count). The molecule has 2 aliphatic rings. The summed E-state index contributed by atoms with van der Waals surface area (Å²) in [6, 6.07) is 6.65. The zero-order valence-electron chi connectivity index (χ0n) is 14.7. The Hall–Kier alpha value is -2.21.